The second-order valence-electron chi connectivity index (χ2n) is 6.30. The Morgan fingerprint density at radius 1 is 1.12 bits per heavy atom. The van der Waals surface area contributed by atoms with Crippen LogP contribution in [-0.4, -0.2) is 29.9 Å². The zero-order valence-corrected chi connectivity index (χ0v) is 13.8. The molecular weight excluding hydrogens is 262 g/mol. The van der Waals surface area contributed by atoms with Crippen molar-refractivity contribution < 1.29 is 0 Å². The van der Waals surface area contributed by atoms with E-state index in [1.54, 1.807) is 0 Å². The van der Waals surface area contributed by atoms with Crippen LogP contribution in [0.25, 0.3) is 0 Å². The van der Waals surface area contributed by atoms with E-state index in [0.29, 0.717) is 16.9 Å². The molecule has 0 bridgehead atoms. The average molecular weight is 292 g/mol. The molecule has 0 heterocycles. The lowest BCUT2D eigenvalue weighted by atomic mass is 9.81. The van der Waals surface area contributed by atoms with Crippen LogP contribution in [0.15, 0.2) is 0 Å². The van der Waals surface area contributed by atoms with E-state index in [-0.39, 0.29) is 0 Å². The van der Waals surface area contributed by atoms with Gasteiger partial charge >= 0.3 is 0 Å². The van der Waals surface area contributed by atoms with Crippen molar-refractivity contribution >= 4 is 15.9 Å². The van der Waals surface area contributed by atoms with E-state index in [2.05, 4.69) is 69.4 Å². The van der Waals surface area contributed by atoms with Crippen molar-refractivity contribution in [2.24, 2.45) is 10.8 Å². The van der Waals surface area contributed by atoms with Gasteiger partial charge in [-0.15, -0.1) is 0 Å². The minimum Gasteiger partial charge on any atom is -0.303 e. The Hall–Kier alpha value is 0.440. The molecule has 98 valence electrons. The first-order chi connectivity index (χ1) is 7.22. The van der Waals surface area contributed by atoms with Crippen LogP contribution in [0.1, 0.15) is 54.4 Å². The quantitative estimate of drug-likeness (QED) is 0.649. The minimum absolute atomic E-state index is 0.355. The Bertz CT molecular complexity index is 183. The fourth-order valence-electron chi connectivity index (χ4n) is 2.03. The molecule has 0 aromatic rings. The zero-order chi connectivity index (χ0) is 13.0. The van der Waals surface area contributed by atoms with E-state index in [1.165, 1.54) is 19.4 Å². The Balaban J connectivity index is 4.58. The average Bonchev–Trinajstić information content (AvgIpc) is 2.23. The molecule has 1 unspecified atom stereocenters. The normalized spacial score (nSPS) is 15.6. The summed E-state index contributed by atoms with van der Waals surface area (Å²) in [5, 5.41) is 1.11. The minimum atomic E-state index is 0.355. The molecule has 0 aromatic carbocycles. The van der Waals surface area contributed by atoms with Crippen molar-refractivity contribution in [3.8, 4) is 0 Å². The van der Waals surface area contributed by atoms with Crippen molar-refractivity contribution in [1.29, 1.82) is 0 Å². The number of halogens is 1. The van der Waals surface area contributed by atoms with Gasteiger partial charge in [0.2, 0.25) is 0 Å². The van der Waals surface area contributed by atoms with Gasteiger partial charge in [-0.1, -0.05) is 50.5 Å². The number of hydrogen-bond donors (Lipinski definition) is 0. The van der Waals surface area contributed by atoms with Crippen LogP contribution in [0.4, 0.5) is 0 Å². The Morgan fingerprint density at radius 3 is 1.81 bits per heavy atom. The Labute approximate surface area is 111 Å². The van der Waals surface area contributed by atoms with Gasteiger partial charge in [0.1, 0.15) is 0 Å². The van der Waals surface area contributed by atoms with E-state index < -0.39 is 0 Å². The largest absolute Gasteiger partial charge is 0.303 e. The summed E-state index contributed by atoms with van der Waals surface area (Å²) in [7, 11) is 2.26. The van der Waals surface area contributed by atoms with E-state index >= 15 is 0 Å². The smallest absolute Gasteiger partial charge is 0.0113 e. The van der Waals surface area contributed by atoms with E-state index in [4.69, 9.17) is 0 Å². The molecule has 2 heteroatoms. The predicted molar refractivity (Wildman–Crippen MR) is 78.4 cm³/mol. The standard InChI is InChI=1S/C14H30BrN/c1-8-14(9-2,10-15)11-16(7)12(3)13(4,5)6/h12H,8-11H2,1-7H3. The van der Waals surface area contributed by atoms with Gasteiger partial charge in [0.15, 0.2) is 0 Å². The lowest BCUT2D eigenvalue weighted by molar-refractivity contribution is 0.0896. The third-order valence-electron chi connectivity index (χ3n) is 4.28. The van der Waals surface area contributed by atoms with Crippen molar-refractivity contribution in [2.75, 3.05) is 18.9 Å². The van der Waals surface area contributed by atoms with Crippen molar-refractivity contribution in [3.63, 3.8) is 0 Å². The summed E-state index contributed by atoms with van der Waals surface area (Å²) in [5.41, 5.74) is 0.794. The van der Waals surface area contributed by atoms with Crippen LogP contribution in [0.5, 0.6) is 0 Å². The number of rotatable bonds is 6. The fraction of sp³-hybridized carbons (Fsp3) is 1.00. The summed E-state index contributed by atoms with van der Waals surface area (Å²) in [6.07, 6.45) is 2.49. The first kappa shape index (κ1) is 16.4. The zero-order valence-electron chi connectivity index (χ0n) is 12.2. The molecular formula is C14H30BrN. The van der Waals surface area contributed by atoms with Gasteiger partial charge in [-0.3, -0.25) is 0 Å². The molecule has 0 aliphatic rings. The third kappa shape index (κ3) is 4.37. The first-order valence-electron chi connectivity index (χ1n) is 6.48. The summed E-state index contributed by atoms with van der Waals surface area (Å²) in [4.78, 5) is 2.52. The topological polar surface area (TPSA) is 3.24 Å². The van der Waals surface area contributed by atoms with E-state index in [1.807, 2.05) is 0 Å². The lowest BCUT2D eigenvalue weighted by Crippen LogP contribution is -2.45. The first-order valence-corrected chi connectivity index (χ1v) is 7.60. The van der Waals surface area contributed by atoms with Crippen molar-refractivity contribution in [2.45, 2.75) is 60.4 Å². The molecule has 0 radical (unpaired) electrons. The van der Waals surface area contributed by atoms with Gasteiger partial charge in [-0.05, 0) is 37.6 Å². The highest BCUT2D eigenvalue weighted by Crippen LogP contribution is 2.32. The van der Waals surface area contributed by atoms with Crippen LogP contribution in [0.3, 0.4) is 0 Å². The summed E-state index contributed by atoms with van der Waals surface area (Å²) in [6.45, 7) is 15.1. The molecule has 0 spiro atoms. The summed E-state index contributed by atoms with van der Waals surface area (Å²) in [5.74, 6) is 0. The maximum atomic E-state index is 3.69. The van der Waals surface area contributed by atoms with Gasteiger partial charge in [-0.2, -0.15) is 0 Å². The van der Waals surface area contributed by atoms with E-state index in [0.717, 1.165) is 5.33 Å². The molecule has 1 nitrogen and oxygen atoms in total. The highest BCUT2D eigenvalue weighted by atomic mass is 79.9. The van der Waals surface area contributed by atoms with Gasteiger partial charge in [0.05, 0.1) is 0 Å². The van der Waals surface area contributed by atoms with Crippen molar-refractivity contribution in [1.82, 2.24) is 4.90 Å². The summed E-state index contributed by atoms with van der Waals surface area (Å²) < 4.78 is 0. The molecule has 0 aromatic heterocycles. The SMILES string of the molecule is CCC(CC)(CBr)CN(C)C(C)C(C)(C)C. The summed E-state index contributed by atoms with van der Waals surface area (Å²) >= 11 is 3.69. The maximum Gasteiger partial charge on any atom is 0.0113 e. The molecule has 0 aliphatic carbocycles. The van der Waals surface area contributed by atoms with Crippen LogP contribution in [0, 0.1) is 10.8 Å². The van der Waals surface area contributed by atoms with Crippen molar-refractivity contribution in [3.05, 3.63) is 0 Å². The second kappa shape index (κ2) is 6.39. The van der Waals surface area contributed by atoms with Crippen LogP contribution in [0.2, 0.25) is 0 Å². The van der Waals surface area contributed by atoms with E-state index in [9.17, 15) is 0 Å². The molecule has 0 rings (SSSR count). The second-order valence-corrected chi connectivity index (χ2v) is 6.86. The van der Waals surface area contributed by atoms with Crippen LogP contribution in [-0.2, 0) is 0 Å². The molecule has 16 heavy (non-hydrogen) atoms. The number of alkyl halides is 1. The maximum absolute atomic E-state index is 3.69. The number of nitrogens with zero attached hydrogens (tertiary/aromatic N) is 1. The molecule has 0 aliphatic heterocycles. The van der Waals surface area contributed by atoms with Gasteiger partial charge in [0, 0.05) is 17.9 Å². The van der Waals surface area contributed by atoms with Gasteiger partial charge in [0.25, 0.3) is 0 Å². The molecule has 0 amide bonds. The van der Waals surface area contributed by atoms with Gasteiger partial charge < -0.3 is 4.90 Å². The molecule has 0 saturated carbocycles. The molecule has 0 N–H and O–H groups in total. The van der Waals surface area contributed by atoms with Crippen LogP contribution < -0.4 is 0 Å². The molecule has 0 fully saturated rings. The Morgan fingerprint density at radius 2 is 1.56 bits per heavy atom. The molecule has 1 atom stereocenters. The lowest BCUT2D eigenvalue weighted by Gasteiger charge is -2.41. The summed E-state index contributed by atoms with van der Waals surface area (Å²) in [6, 6.07) is 0.615. The monoisotopic (exact) mass is 291 g/mol. The third-order valence-corrected chi connectivity index (χ3v) is 5.47. The molecule has 0 saturated heterocycles. The number of hydrogen-bond acceptors (Lipinski definition) is 1. The fourth-order valence-corrected chi connectivity index (χ4v) is 3.00. The Kier molecular flexibility index (Phi) is 6.57. The highest BCUT2D eigenvalue weighted by Gasteiger charge is 2.31. The predicted octanol–water partition coefficient (Wildman–Crippen LogP) is 4.55. The highest BCUT2D eigenvalue weighted by molar-refractivity contribution is 9.09. The van der Waals surface area contributed by atoms with Crippen LogP contribution >= 0.6 is 15.9 Å². The van der Waals surface area contributed by atoms with Gasteiger partial charge in [-0.25, -0.2) is 0 Å².